The first-order chi connectivity index (χ1) is 11.9. The fourth-order valence-electron chi connectivity index (χ4n) is 9.00. The van der Waals surface area contributed by atoms with Crippen LogP contribution >= 0.6 is 0 Å². The number of fused-ring (bicyclic) bond motifs is 5. The van der Waals surface area contributed by atoms with Gasteiger partial charge in [0.1, 0.15) is 0 Å². The van der Waals surface area contributed by atoms with Gasteiger partial charge in [0.2, 0.25) is 0 Å². The third kappa shape index (κ3) is 2.71. The average molecular weight is 461 g/mol. The SMILES string of the molecule is C=C([CH2-])[C@H]1CC[C@@]2(C)[C@@H]3CC[C@@]4(C)C[C@](C)(O)CC[C@]4(C)C3CC[C@]12C.[Rh]. The summed E-state index contributed by atoms with van der Waals surface area (Å²) in [4.78, 5) is 0. The monoisotopic (exact) mass is 460 g/mol. The van der Waals surface area contributed by atoms with E-state index in [9.17, 15) is 5.11 Å². The quantitative estimate of drug-likeness (QED) is 0.347. The van der Waals surface area contributed by atoms with Gasteiger partial charge in [0.05, 0.1) is 5.60 Å². The van der Waals surface area contributed by atoms with Gasteiger partial charge >= 0.3 is 0 Å². The number of allylic oxidation sites excluding steroid dienone is 1. The van der Waals surface area contributed by atoms with Crippen molar-refractivity contribution in [2.24, 2.45) is 39.4 Å². The van der Waals surface area contributed by atoms with Crippen LogP contribution in [0.5, 0.6) is 0 Å². The van der Waals surface area contributed by atoms with Crippen LogP contribution in [0.4, 0.5) is 0 Å². The van der Waals surface area contributed by atoms with Crippen molar-refractivity contribution in [3.8, 4) is 0 Å². The van der Waals surface area contributed by atoms with Crippen LogP contribution in [0.15, 0.2) is 12.2 Å². The summed E-state index contributed by atoms with van der Waals surface area (Å²) >= 11 is 0. The van der Waals surface area contributed by atoms with Crippen molar-refractivity contribution in [1.82, 2.24) is 0 Å². The Morgan fingerprint density at radius 1 is 0.815 bits per heavy atom. The normalized spacial score (nSPS) is 57.0. The Kier molecular flexibility index (Phi) is 5.14. The molecule has 1 nitrogen and oxygen atoms in total. The largest absolute Gasteiger partial charge is 0.390 e. The first kappa shape index (κ1) is 21.9. The molecule has 1 radical (unpaired) electrons. The zero-order valence-corrected chi connectivity index (χ0v) is 19.9. The van der Waals surface area contributed by atoms with Crippen LogP contribution in [-0.4, -0.2) is 10.7 Å². The van der Waals surface area contributed by atoms with E-state index in [4.69, 9.17) is 0 Å². The summed E-state index contributed by atoms with van der Waals surface area (Å²) in [5.41, 5.74) is 2.23. The molecule has 0 saturated heterocycles. The van der Waals surface area contributed by atoms with E-state index in [1.165, 1.54) is 50.5 Å². The van der Waals surface area contributed by atoms with Crippen LogP contribution in [0.2, 0.25) is 0 Å². The second-order valence-corrected chi connectivity index (χ2v) is 12.0. The van der Waals surface area contributed by atoms with Crippen molar-refractivity contribution >= 4 is 0 Å². The fraction of sp³-hybridized carbons (Fsp3) is 0.880. The molecule has 1 N–H and O–H groups in total. The topological polar surface area (TPSA) is 20.2 Å². The van der Waals surface area contributed by atoms with Gasteiger partial charge in [-0.25, -0.2) is 19.1 Å². The Morgan fingerprint density at radius 2 is 1.37 bits per heavy atom. The number of hydrogen-bond donors (Lipinski definition) is 1. The molecular weight excluding hydrogens is 419 g/mol. The molecule has 2 heteroatoms. The van der Waals surface area contributed by atoms with Crippen molar-refractivity contribution in [2.75, 3.05) is 0 Å². The summed E-state index contributed by atoms with van der Waals surface area (Å²) in [5.74, 6) is 2.28. The van der Waals surface area contributed by atoms with E-state index >= 15 is 0 Å². The maximum atomic E-state index is 10.8. The Balaban J connectivity index is 0.00000210. The van der Waals surface area contributed by atoms with E-state index < -0.39 is 5.60 Å². The van der Waals surface area contributed by atoms with E-state index in [-0.39, 0.29) is 19.5 Å². The molecule has 0 spiro atoms. The zero-order valence-electron chi connectivity index (χ0n) is 18.3. The van der Waals surface area contributed by atoms with Gasteiger partial charge in [-0.15, -0.1) is 0 Å². The first-order valence-corrected chi connectivity index (χ1v) is 11.1. The maximum Gasteiger partial charge on any atom is 0.0625 e. The number of rotatable bonds is 1. The summed E-state index contributed by atoms with van der Waals surface area (Å²) in [5, 5.41) is 10.8. The fourth-order valence-corrected chi connectivity index (χ4v) is 9.00. The van der Waals surface area contributed by atoms with E-state index in [1.807, 2.05) is 0 Å². The summed E-state index contributed by atoms with van der Waals surface area (Å²) in [6, 6.07) is 0. The predicted octanol–water partition coefficient (Wildman–Crippen LogP) is 6.56. The molecule has 1 unspecified atom stereocenters. The minimum absolute atomic E-state index is 0. The average Bonchev–Trinajstić information content (AvgIpc) is 2.80. The molecule has 4 rings (SSSR count). The standard InChI is InChI=1S/C25H41O.Rh/c1-17(2)18-9-12-25(7)20-8-11-21(3)16-22(4,26)14-15-23(21,5)19(20)10-13-24(18,25)6;/h18-20,26H,1-2,8-16H2,3-7H3;/q-1;/t18-,19?,20-,21+,22-,23-,24-,25+;/m1./s1. The Labute approximate surface area is 180 Å². The van der Waals surface area contributed by atoms with Crippen molar-refractivity contribution in [2.45, 2.75) is 98.0 Å². The van der Waals surface area contributed by atoms with Crippen LogP contribution in [-0.2, 0) is 19.5 Å². The second-order valence-electron chi connectivity index (χ2n) is 12.0. The van der Waals surface area contributed by atoms with E-state index in [0.29, 0.717) is 27.6 Å². The molecule has 0 bridgehead atoms. The van der Waals surface area contributed by atoms with Crippen molar-refractivity contribution < 1.29 is 24.6 Å². The van der Waals surface area contributed by atoms with Crippen LogP contribution < -0.4 is 0 Å². The molecule has 27 heavy (non-hydrogen) atoms. The Morgan fingerprint density at radius 3 is 2.00 bits per heavy atom. The van der Waals surface area contributed by atoms with Crippen LogP contribution in [0.25, 0.3) is 0 Å². The predicted molar refractivity (Wildman–Crippen MR) is 110 cm³/mol. The van der Waals surface area contributed by atoms with Gasteiger partial charge in [-0.05, 0) is 104 Å². The maximum absolute atomic E-state index is 10.8. The van der Waals surface area contributed by atoms with Gasteiger partial charge in [0.15, 0.2) is 0 Å². The van der Waals surface area contributed by atoms with Crippen LogP contribution in [0.3, 0.4) is 0 Å². The molecule has 4 saturated carbocycles. The minimum atomic E-state index is -0.460. The zero-order chi connectivity index (χ0) is 19.2. The molecule has 0 aromatic heterocycles. The van der Waals surface area contributed by atoms with Gasteiger partial charge < -0.3 is 5.11 Å². The number of aliphatic hydroxyl groups is 1. The first-order valence-electron chi connectivity index (χ1n) is 11.1. The molecule has 0 aliphatic heterocycles. The molecule has 157 valence electrons. The third-order valence-electron chi connectivity index (χ3n) is 11.0. The molecule has 0 heterocycles. The van der Waals surface area contributed by atoms with E-state index in [0.717, 1.165) is 24.7 Å². The molecule has 4 aliphatic carbocycles. The Bertz CT molecular complexity index is 626. The smallest absolute Gasteiger partial charge is 0.0625 e. The van der Waals surface area contributed by atoms with Gasteiger partial charge in [0, 0.05) is 19.5 Å². The van der Waals surface area contributed by atoms with Crippen LogP contribution in [0, 0.1) is 46.3 Å². The van der Waals surface area contributed by atoms with Crippen molar-refractivity contribution in [3.63, 3.8) is 0 Å². The van der Waals surface area contributed by atoms with Crippen molar-refractivity contribution in [3.05, 3.63) is 19.1 Å². The minimum Gasteiger partial charge on any atom is -0.390 e. The molecule has 4 fully saturated rings. The van der Waals surface area contributed by atoms with Gasteiger partial charge in [-0.1, -0.05) is 27.7 Å². The molecular formula is C25H41ORh-. The summed E-state index contributed by atoms with van der Waals surface area (Å²) in [6.07, 6.45) is 11.2. The molecule has 0 aromatic carbocycles. The Hall–Kier alpha value is 0.193. The third-order valence-corrected chi connectivity index (χ3v) is 11.0. The molecule has 8 atom stereocenters. The van der Waals surface area contributed by atoms with E-state index in [2.05, 4.69) is 48.1 Å². The van der Waals surface area contributed by atoms with Gasteiger partial charge in [0.25, 0.3) is 0 Å². The molecule has 0 amide bonds. The molecule has 0 aromatic rings. The summed E-state index contributed by atoms with van der Waals surface area (Å²) in [7, 11) is 0. The summed E-state index contributed by atoms with van der Waals surface area (Å²) < 4.78 is 0. The number of hydrogen-bond acceptors (Lipinski definition) is 1. The van der Waals surface area contributed by atoms with Crippen molar-refractivity contribution in [1.29, 1.82) is 0 Å². The van der Waals surface area contributed by atoms with Crippen LogP contribution in [0.1, 0.15) is 92.4 Å². The van der Waals surface area contributed by atoms with E-state index in [1.54, 1.807) is 0 Å². The summed E-state index contributed by atoms with van der Waals surface area (Å²) in [6.45, 7) is 20.9. The second kappa shape index (κ2) is 6.34. The van der Waals surface area contributed by atoms with Gasteiger partial charge in [-0.3, -0.25) is 0 Å². The molecule has 4 aliphatic rings. The van der Waals surface area contributed by atoms with Gasteiger partial charge in [-0.2, -0.15) is 0 Å².